The van der Waals surface area contributed by atoms with Gasteiger partial charge < -0.3 is 111 Å². The third kappa shape index (κ3) is 23.1. The minimum Gasteiger partial charge on any atom is -0.453 e. The lowest BCUT2D eigenvalue weighted by atomic mass is 9.97. The standard InChI is InChI=1S/2C46H58FN7O10/c2*1-45(2,61)37(50-43(59)63-5)41(57)52-25-7-9-35(52)39(55)48-30-17-11-27(12-18-30)33-23-24-34(54(33)32-21-15-29(47)16-22-32)28-13-19-31(20-14-28)49-40(56)36-10-8-26-53(36)42(58)38(46(3,4)62)51-44(60)64-6/h2*11-22,33-38,61-62H,7-10,23-26H2,1-6H3,(H,48,55)(H,49,56)(H,50,59)(H,51,60)/t33-,34-,35+,36+,37-,38-;33-,34-,35-,36-,37+,38+/m10/s1. The van der Waals surface area contributed by atoms with E-state index in [1.807, 2.05) is 48.5 Å². The van der Waals surface area contributed by atoms with Crippen molar-refractivity contribution in [1.82, 2.24) is 40.9 Å². The highest BCUT2D eigenvalue weighted by molar-refractivity contribution is 6.02. The number of carbonyl (C=O) groups is 12. The van der Waals surface area contributed by atoms with Crippen LogP contribution in [-0.2, 0) is 57.3 Å². The van der Waals surface area contributed by atoms with Gasteiger partial charge >= 0.3 is 24.4 Å². The molecule has 34 nitrogen and oxygen atoms in total. The maximum Gasteiger partial charge on any atom is 0.407 e. The molecule has 0 aliphatic carbocycles. The van der Waals surface area contributed by atoms with E-state index in [9.17, 15) is 86.7 Å². The maximum atomic E-state index is 14.2. The fraction of sp³-hybridized carbons (Fsp3) is 0.478. The molecule has 12 rings (SSSR count). The summed E-state index contributed by atoms with van der Waals surface area (Å²) < 4.78 is 47.0. The van der Waals surface area contributed by atoms with E-state index in [0.29, 0.717) is 74.1 Å². The molecule has 0 spiro atoms. The Balaban J connectivity index is 0.000000248. The number of ether oxygens (including phenoxy) is 4. The van der Waals surface area contributed by atoms with Crippen LogP contribution in [0.3, 0.4) is 0 Å². The summed E-state index contributed by atoms with van der Waals surface area (Å²) >= 11 is 0. The number of carbonyl (C=O) groups excluding carboxylic acids is 12. The molecule has 6 heterocycles. The number of hydrogen-bond acceptors (Lipinski definition) is 22. The second-order valence-corrected chi connectivity index (χ2v) is 35.1. The van der Waals surface area contributed by atoms with Crippen LogP contribution in [0.5, 0.6) is 0 Å². The Morgan fingerprint density at radius 2 is 0.492 bits per heavy atom. The zero-order valence-corrected chi connectivity index (χ0v) is 73.9. The van der Waals surface area contributed by atoms with Crippen molar-refractivity contribution in [2.45, 2.75) is 227 Å². The number of halogens is 2. The number of nitrogens with one attached hydrogen (secondary N) is 8. The van der Waals surface area contributed by atoms with Crippen LogP contribution >= 0.6 is 0 Å². The van der Waals surface area contributed by atoms with Crippen LogP contribution in [0.15, 0.2) is 146 Å². The van der Waals surface area contributed by atoms with Crippen molar-refractivity contribution in [1.29, 1.82) is 0 Å². The van der Waals surface area contributed by atoms with Crippen LogP contribution in [0.25, 0.3) is 0 Å². The lowest BCUT2D eigenvalue weighted by molar-refractivity contribution is -0.143. The quantitative estimate of drug-likeness (QED) is 0.0225. The van der Waals surface area contributed by atoms with Gasteiger partial charge in [-0.2, -0.15) is 0 Å². The highest BCUT2D eigenvalue weighted by atomic mass is 19.1. The molecule has 0 bridgehead atoms. The number of anilines is 6. The normalized spacial score (nSPS) is 20.9. The number of alkyl carbamates (subject to hydrolysis) is 4. The van der Waals surface area contributed by atoms with Gasteiger partial charge in [0.25, 0.3) is 0 Å². The fourth-order valence-corrected chi connectivity index (χ4v) is 17.7. The van der Waals surface area contributed by atoms with E-state index in [1.165, 1.54) is 99.3 Å². The first kappa shape index (κ1) is 96.1. The highest BCUT2D eigenvalue weighted by Crippen LogP contribution is 2.49. The SMILES string of the molecule is COC(=O)N[C@H](C(=O)N1CCC[C@H]1C(=O)Nc1ccc([C@@H]2CC[C@@H](c3ccc(NC(=O)[C@@H]4CCCN4C(=O)[C@@H](NC(=O)OC)C(C)(C)O)cc3)N2c2ccc(F)cc2)cc1)C(C)(C)O.COC(=O)N[C@H](C(=O)N1CCC[C@H]1C(=O)Nc1ccc([C@H]2CC[C@H](c3ccc(NC(=O)[C@@H]4CCCN4C(=O)[C@@H](NC(=O)OC)C(C)(C)O)cc3)N2c2ccc(F)cc2)cc1)C(C)(C)O. The predicted octanol–water partition coefficient (Wildman–Crippen LogP) is 9.52. The van der Waals surface area contributed by atoms with Gasteiger partial charge in [0.05, 0.1) is 75.0 Å². The van der Waals surface area contributed by atoms with Crippen molar-refractivity contribution in [2.24, 2.45) is 0 Å². The highest BCUT2D eigenvalue weighted by Gasteiger charge is 2.49. The van der Waals surface area contributed by atoms with E-state index in [4.69, 9.17) is 0 Å². The molecule has 6 aromatic carbocycles. The van der Waals surface area contributed by atoms with Gasteiger partial charge in [-0.15, -0.1) is 0 Å². The van der Waals surface area contributed by atoms with Crippen LogP contribution in [-0.4, -0.2) is 237 Å². The number of hydrogen-bond donors (Lipinski definition) is 12. The minimum atomic E-state index is -1.63. The minimum absolute atomic E-state index is 0.129. The molecule has 12 atom stereocenters. The van der Waals surface area contributed by atoms with Gasteiger partial charge in [0.15, 0.2) is 0 Å². The maximum absolute atomic E-state index is 14.2. The van der Waals surface area contributed by atoms with Crippen LogP contribution < -0.4 is 52.3 Å². The molecule has 688 valence electrons. The molecule has 128 heavy (non-hydrogen) atoms. The summed E-state index contributed by atoms with van der Waals surface area (Å²) in [4.78, 5) is 167. The Kier molecular flexibility index (Phi) is 30.8. The summed E-state index contributed by atoms with van der Waals surface area (Å²) in [5.74, 6) is -4.73. The Morgan fingerprint density at radius 3 is 0.664 bits per heavy atom. The lowest BCUT2D eigenvalue weighted by Gasteiger charge is -2.34. The molecule has 12 amide bonds. The average Bonchev–Trinajstić information content (AvgIpc) is 1.63. The van der Waals surface area contributed by atoms with Gasteiger partial charge in [-0.3, -0.25) is 38.4 Å². The van der Waals surface area contributed by atoms with E-state index < -0.39 is 142 Å². The second kappa shape index (κ2) is 41.0. The molecule has 6 aliphatic heterocycles. The molecule has 0 saturated carbocycles. The van der Waals surface area contributed by atoms with Crippen molar-refractivity contribution < 1.29 is 106 Å². The topological polar surface area (TPSA) is 438 Å². The zero-order chi connectivity index (χ0) is 93.0. The number of benzene rings is 6. The van der Waals surface area contributed by atoms with Gasteiger partial charge in [-0.25, -0.2) is 28.0 Å². The number of amides is 12. The Bertz CT molecular complexity index is 4400. The van der Waals surface area contributed by atoms with Crippen molar-refractivity contribution >= 4 is 106 Å². The number of methoxy groups -OCH3 is 4. The van der Waals surface area contributed by atoms with Crippen molar-refractivity contribution in [2.75, 3.05) is 85.7 Å². The zero-order valence-electron chi connectivity index (χ0n) is 73.9. The summed E-state index contributed by atoms with van der Waals surface area (Å²) in [7, 11) is 4.61. The van der Waals surface area contributed by atoms with Gasteiger partial charge in [-0.1, -0.05) is 48.5 Å². The van der Waals surface area contributed by atoms with Crippen LogP contribution in [0.1, 0.15) is 179 Å². The second-order valence-electron chi connectivity index (χ2n) is 35.1. The molecular formula is C92H116F2N14O20. The third-order valence-corrected chi connectivity index (χ3v) is 24.2. The number of likely N-dealkylation sites (tertiary alicyclic amines) is 4. The van der Waals surface area contributed by atoms with E-state index >= 15 is 0 Å². The van der Waals surface area contributed by atoms with E-state index in [1.54, 1.807) is 72.8 Å². The van der Waals surface area contributed by atoms with Gasteiger partial charge in [0, 0.05) is 60.3 Å². The summed E-state index contributed by atoms with van der Waals surface area (Å²) in [5, 5.41) is 64.0. The first-order valence-corrected chi connectivity index (χ1v) is 42.8. The molecule has 6 fully saturated rings. The van der Waals surface area contributed by atoms with Gasteiger partial charge in [0.2, 0.25) is 47.3 Å². The molecule has 6 aromatic rings. The van der Waals surface area contributed by atoms with E-state index in [2.05, 4.69) is 71.3 Å². The van der Waals surface area contributed by atoms with Crippen LogP contribution in [0.2, 0.25) is 0 Å². The van der Waals surface area contributed by atoms with Crippen LogP contribution in [0.4, 0.5) is 62.1 Å². The molecule has 0 unspecified atom stereocenters. The number of rotatable bonds is 26. The molecular weight excluding hydrogens is 1660 g/mol. The molecule has 12 N–H and O–H groups in total. The van der Waals surface area contributed by atoms with Crippen molar-refractivity contribution in [3.63, 3.8) is 0 Å². The Morgan fingerprint density at radius 1 is 0.305 bits per heavy atom. The number of nitrogens with zero attached hydrogens (tertiary/aromatic N) is 6. The summed E-state index contributed by atoms with van der Waals surface area (Å²) in [6, 6.07) is 33.2. The van der Waals surface area contributed by atoms with Crippen molar-refractivity contribution in [3.8, 4) is 0 Å². The monoisotopic (exact) mass is 1770 g/mol. The lowest BCUT2D eigenvalue weighted by Crippen LogP contribution is -2.60. The average molecular weight is 1780 g/mol. The largest absolute Gasteiger partial charge is 0.453 e. The van der Waals surface area contributed by atoms with Gasteiger partial charge in [0.1, 0.15) is 60.0 Å². The molecule has 6 aliphatic rings. The predicted molar refractivity (Wildman–Crippen MR) is 469 cm³/mol. The van der Waals surface area contributed by atoms with E-state index in [0.717, 1.165) is 87.8 Å². The van der Waals surface area contributed by atoms with Crippen LogP contribution in [0, 0.1) is 11.6 Å². The molecule has 0 radical (unpaired) electrons. The summed E-state index contributed by atoms with van der Waals surface area (Å²) in [6.07, 6.45) is 3.30. The van der Waals surface area contributed by atoms with Crippen molar-refractivity contribution in [3.05, 3.63) is 179 Å². The third-order valence-electron chi connectivity index (χ3n) is 24.2. The first-order valence-electron chi connectivity index (χ1n) is 42.8. The fourth-order valence-electron chi connectivity index (χ4n) is 17.7. The molecule has 36 heteroatoms. The Hall–Kier alpha value is -12.5. The smallest absolute Gasteiger partial charge is 0.407 e. The van der Waals surface area contributed by atoms with Gasteiger partial charge in [-0.05, 0) is 252 Å². The molecule has 0 aromatic heterocycles. The summed E-state index contributed by atoms with van der Waals surface area (Å²) in [6.45, 7) is 12.2. The van der Waals surface area contributed by atoms with E-state index in [-0.39, 0.29) is 62.0 Å². The Labute approximate surface area is 741 Å². The summed E-state index contributed by atoms with van der Waals surface area (Å²) in [5.41, 5.74) is 0.962. The first-order chi connectivity index (χ1) is 60.6. The number of aliphatic hydroxyl groups is 4. The molecule has 6 saturated heterocycles.